The summed E-state index contributed by atoms with van der Waals surface area (Å²) in [6, 6.07) is 10.3. The summed E-state index contributed by atoms with van der Waals surface area (Å²) >= 11 is 12.6. The van der Waals surface area contributed by atoms with E-state index in [2.05, 4.69) is 5.32 Å². The minimum atomic E-state index is -0.818. The number of benzene rings is 2. The number of ether oxygens (including phenoxy) is 1. The van der Waals surface area contributed by atoms with Crippen molar-refractivity contribution in [2.45, 2.75) is 26.3 Å². The Morgan fingerprint density at radius 3 is 2.67 bits per heavy atom. The molecule has 3 rings (SSSR count). The van der Waals surface area contributed by atoms with Crippen LogP contribution in [0.25, 0.3) is 0 Å². The second-order valence-corrected chi connectivity index (χ2v) is 7.25. The van der Waals surface area contributed by atoms with Crippen molar-refractivity contribution in [3.63, 3.8) is 0 Å². The molecule has 2 aromatic carbocycles. The molecule has 0 fully saturated rings. The van der Waals surface area contributed by atoms with Gasteiger partial charge in [-0.3, -0.25) is 9.59 Å². The number of aryl methyl sites for hydroxylation is 1. The highest BCUT2D eigenvalue weighted by Gasteiger charge is 2.40. The second-order valence-electron chi connectivity index (χ2n) is 6.43. The highest BCUT2D eigenvalue weighted by Crippen LogP contribution is 2.44. The normalized spacial score (nSPS) is 15.6. The monoisotopic (exact) mass is 406 g/mol. The van der Waals surface area contributed by atoms with Crippen LogP contribution in [0.4, 0.5) is 5.69 Å². The quantitative estimate of drug-likeness (QED) is 0.727. The number of amides is 2. The van der Waals surface area contributed by atoms with Gasteiger partial charge in [0.05, 0.1) is 17.3 Å². The summed E-state index contributed by atoms with van der Waals surface area (Å²) in [5.41, 5.74) is 2.23. The van der Waals surface area contributed by atoms with Crippen LogP contribution in [-0.4, -0.2) is 25.0 Å². The number of halogens is 2. The largest absolute Gasteiger partial charge is 0.494 e. The number of rotatable bonds is 6. The van der Waals surface area contributed by atoms with Gasteiger partial charge in [-0.25, -0.2) is 0 Å². The Balaban J connectivity index is 1.73. The van der Waals surface area contributed by atoms with Crippen molar-refractivity contribution in [2.75, 3.05) is 18.1 Å². The van der Waals surface area contributed by atoms with E-state index in [0.717, 1.165) is 11.3 Å². The van der Waals surface area contributed by atoms with Gasteiger partial charge in [0.15, 0.2) is 0 Å². The first-order valence-electron chi connectivity index (χ1n) is 8.64. The Hall–Kier alpha value is -2.24. The van der Waals surface area contributed by atoms with Gasteiger partial charge in [0.1, 0.15) is 11.8 Å². The van der Waals surface area contributed by atoms with Gasteiger partial charge in [-0.1, -0.05) is 35.3 Å². The highest BCUT2D eigenvalue weighted by atomic mass is 35.5. The zero-order valence-electron chi connectivity index (χ0n) is 15.1. The SMILES string of the molecule is CC(=O)N[C@H]1C(=O)N(CCCOc2cccc(C)c2)c2c(Cl)ccc(Cl)c21. The minimum absolute atomic E-state index is 0.245. The Labute approximate surface area is 168 Å². The number of hydrogen-bond donors (Lipinski definition) is 1. The van der Waals surface area contributed by atoms with E-state index >= 15 is 0 Å². The molecule has 2 aromatic rings. The summed E-state index contributed by atoms with van der Waals surface area (Å²) in [6.45, 7) is 4.23. The van der Waals surface area contributed by atoms with Gasteiger partial charge >= 0.3 is 0 Å². The molecule has 142 valence electrons. The van der Waals surface area contributed by atoms with Crippen LogP contribution in [0.3, 0.4) is 0 Å². The maximum absolute atomic E-state index is 12.9. The molecule has 1 N–H and O–H groups in total. The molecule has 1 aliphatic heterocycles. The molecule has 7 heteroatoms. The van der Waals surface area contributed by atoms with E-state index in [4.69, 9.17) is 27.9 Å². The fraction of sp³-hybridized carbons (Fsp3) is 0.300. The second kappa shape index (κ2) is 8.19. The lowest BCUT2D eigenvalue weighted by Crippen LogP contribution is -2.37. The van der Waals surface area contributed by atoms with Crippen molar-refractivity contribution in [1.29, 1.82) is 0 Å². The highest BCUT2D eigenvalue weighted by molar-refractivity contribution is 6.38. The first kappa shape index (κ1) is 19.5. The van der Waals surface area contributed by atoms with E-state index in [9.17, 15) is 9.59 Å². The summed E-state index contributed by atoms with van der Waals surface area (Å²) in [7, 11) is 0. The number of anilines is 1. The van der Waals surface area contributed by atoms with Crippen molar-refractivity contribution in [3.05, 3.63) is 57.6 Å². The van der Waals surface area contributed by atoms with Crippen molar-refractivity contribution in [2.24, 2.45) is 0 Å². The van der Waals surface area contributed by atoms with Crippen molar-refractivity contribution < 1.29 is 14.3 Å². The summed E-state index contributed by atoms with van der Waals surface area (Å²) in [5.74, 6) is 0.242. The lowest BCUT2D eigenvalue weighted by molar-refractivity contribution is -0.126. The molecule has 0 aromatic heterocycles. The third-order valence-electron chi connectivity index (χ3n) is 4.32. The van der Waals surface area contributed by atoms with Crippen LogP contribution >= 0.6 is 23.2 Å². The third kappa shape index (κ3) is 4.20. The van der Waals surface area contributed by atoms with E-state index in [1.165, 1.54) is 6.92 Å². The van der Waals surface area contributed by atoms with E-state index in [1.807, 2.05) is 31.2 Å². The molecule has 1 atom stereocenters. The fourth-order valence-corrected chi connectivity index (χ4v) is 3.70. The average Bonchev–Trinajstić information content (AvgIpc) is 2.88. The lowest BCUT2D eigenvalue weighted by atomic mass is 10.1. The molecule has 0 bridgehead atoms. The van der Waals surface area contributed by atoms with E-state index < -0.39 is 6.04 Å². The molecule has 1 aliphatic rings. The van der Waals surface area contributed by atoms with Crippen LogP contribution in [0.2, 0.25) is 10.0 Å². The number of hydrogen-bond acceptors (Lipinski definition) is 3. The molecular weight excluding hydrogens is 387 g/mol. The molecule has 0 unspecified atom stereocenters. The van der Waals surface area contributed by atoms with Crippen LogP contribution in [0.5, 0.6) is 5.75 Å². The Morgan fingerprint density at radius 1 is 1.22 bits per heavy atom. The summed E-state index contributed by atoms with van der Waals surface area (Å²) in [6.07, 6.45) is 0.606. The fourth-order valence-electron chi connectivity index (χ4n) is 3.17. The standard InChI is InChI=1S/C20H20Cl2N2O3/c1-12-5-3-6-14(11-12)27-10-4-9-24-19-16(22)8-7-15(21)17(19)18(20(24)26)23-13(2)25/h3,5-8,11,18H,4,9-10H2,1-2H3,(H,23,25)/t18-/m1/s1. The van der Waals surface area contributed by atoms with Crippen molar-refractivity contribution >= 4 is 40.7 Å². The van der Waals surface area contributed by atoms with Gasteiger partial charge < -0.3 is 15.0 Å². The van der Waals surface area contributed by atoms with Crippen molar-refractivity contribution in [3.8, 4) is 5.75 Å². The van der Waals surface area contributed by atoms with E-state index in [-0.39, 0.29) is 11.8 Å². The van der Waals surface area contributed by atoms with Gasteiger partial charge in [0, 0.05) is 24.1 Å². The van der Waals surface area contributed by atoms with Gasteiger partial charge in [0.25, 0.3) is 5.91 Å². The number of fused-ring (bicyclic) bond motifs is 1. The molecular formula is C20H20Cl2N2O3. The predicted molar refractivity (Wildman–Crippen MR) is 107 cm³/mol. The predicted octanol–water partition coefficient (Wildman–Crippen LogP) is 4.29. The van der Waals surface area contributed by atoms with Crippen LogP contribution in [0.1, 0.15) is 30.5 Å². The van der Waals surface area contributed by atoms with Gasteiger partial charge in [-0.15, -0.1) is 0 Å². The smallest absolute Gasteiger partial charge is 0.254 e. The maximum atomic E-state index is 12.9. The van der Waals surface area contributed by atoms with Crippen LogP contribution in [-0.2, 0) is 9.59 Å². The lowest BCUT2D eigenvalue weighted by Gasteiger charge is -2.19. The summed E-state index contributed by atoms with van der Waals surface area (Å²) in [5, 5.41) is 3.49. The molecule has 1 heterocycles. The van der Waals surface area contributed by atoms with Crippen molar-refractivity contribution in [1.82, 2.24) is 5.32 Å². The third-order valence-corrected chi connectivity index (χ3v) is 4.95. The Morgan fingerprint density at radius 2 is 1.96 bits per heavy atom. The maximum Gasteiger partial charge on any atom is 0.254 e. The van der Waals surface area contributed by atoms with Crippen LogP contribution in [0.15, 0.2) is 36.4 Å². The van der Waals surface area contributed by atoms with E-state index in [0.29, 0.717) is 40.9 Å². The number of nitrogens with zero attached hydrogens (tertiary/aromatic N) is 1. The molecule has 27 heavy (non-hydrogen) atoms. The van der Waals surface area contributed by atoms with Crippen LogP contribution < -0.4 is 15.0 Å². The molecule has 0 spiro atoms. The topological polar surface area (TPSA) is 58.6 Å². The molecule has 0 saturated carbocycles. The molecule has 0 radical (unpaired) electrons. The first-order valence-corrected chi connectivity index (χ1v) is 9.40. The Bertz CT molecular complexity index is 886. The first-order chi connectivity index (χ1) is 12.9. The number of carbonyl (C=O) groups excluding carboxylic acids is 2. The zero-order chi connectivity index (χ0) is 19.6. The molecule has 5 nitrogen and oxygen atoms in total. The minimum Gasteiger partial charge on any atom is -0.494 e. The average molecular weight is 407 g/mol. The number of nitrogens with one attached hydrogen (secondary N) is 1. The summed E-state index contributed by atoms with van der Waals surface area (Å²) < 4.78 is 5.75. The van der Waals surface area contributed by atoms with E-state index in [1.54, 1.807) is 17.0 Å². The molecule has 2 amide bonds. The van der Waals surface area contributed by atoms with Gasteiger partial charge in [-0.05, 0) is 43.2 Å². The molecule has 0 aliphatic carbocycles. The molecule has 0 saturated heterocycles. The van der Waals surface area contributed by atoms with Gasteiger partial charge in [0.2, 0.25) is 5.91 Å². The van der Waals surface area contributed by atoms with Gasteiger partial charge in [-0.2, -0.15) is 0 Å². The summed E-state index contributed by atoms with van der Waals surface area (Å²) in [4.78, 5) is 26.0. The van der Waals surface area contributed by atoms with Crippen LogP contribution in [0, 0.1) is 6.92 Å². The Kier molecular flexibility index (Phi) is 5.92. The zero-order valence-corrected chi connectivity index (χ0v) is 16.6. The number of carbonyl (C=O) groups is 2.